The van der Waals surface area contributed by atoms with Crippen LogP contribution >= 0.6 is 0 Å². The molecule has 1 aromatic carbocycles. The van der Waals surface area contributed by atoms with Crippen molar-refractivity contribution in [2.45, 2.75) is 32.2 Å². The Balaban J connectivity index is 2.34. The van der Waals surface area contributed by atoms with Crippen LogP contribution in [-0.2, 0) is 10.8 Å². The van der Waals surface area contributed by atoms with Gasteiger partial charge in [-0.15, -0.1) is 0 Å². The first-order chi connectivity index (χ1) is 6.97. The number of aliphatic hydroxyl groups is 1. The van der Waals surface area contributed by atoms with E-state index in [1.54, 1.807) is 0 Å². The maximum atomic E-state index is 9.76. The summed E-state index contributed by atoms with van der Waals surface area (Å²) < 4.78 is 5.65. The van der Waals surface area contributed by atoms with E-state index in [2.05, 4.69) is 19.6 Å². The molecule has 0 aromatic heterocycles. The second-order valence-corrected chi connectivity index (χ2v) is 9.28. The van der Waals surface area contributed by atoms with Gasteiger partial charge in [-0.25, -0.2) is 0 Å². The fourth-order valence-electron chi connectivity index (χ4n) is 1.29. The Labute approximate surface area is 93.0 Å². The van der Waals surface area contributed by atoms with Crippen molar-refractivity contribution in [1.82, 2.24) is 0 Å². The minimum Gasteiger partial charge on any atom is -0.415 e. The lowest BCUT2D eigenvalue weighted by Crippen LogP contribution is -2.31. The molecule has 0 amide bonds. The Bertz CT molecular complexity index is 279. The van der Waals surface area contributed by atoms with Gasteiger partial charge in [0, 0.05) is 6.42 Å². The van der Waals surface area contributed by atoms with Gasteiger partial charge in [0.2, 0.25) is 0 Å². The third-order valence-corrected chi connectivity index (χ3v) is 3.06. The number of hydrogen-bond acceptors (Lipinski definition) is 2. The third kappa shape index (κ3) is 5.72. The van der Waals surface area contributed by atoms with Crippen LogP contribution in [0.3, 0.4) is 0 Å². The molecule has 1 aromatic rings. The lowest BCUT2D eigenvalue weighted by atomic mass is 10.1. The van der Waals surface area contributed by atoms with Gasteiger partial charge in [0.1, 0.15) is 0 Å². The van der Waals surface area contributed by atoms with Crippen LogP contribution in [0.15, 0.2) is 30.3 Å². The van der Waals surface area contributed by atoms with Gasteiger partial charge in [-0.3, -0.25) is 0 Å². The van der Waals surface area contributed by atoms with Crippen molar-refractivity contribution in [3.8, 4) is 0 Å². The first-order valence-electron chi connectivity index (χ1n) is 5.33. The van der Waals surface area contributed by atoms with Gasteiger partial charge >= 0.3 is 0 Å². The molecule has 0 bridgehead atoms. The second kappa shape index (κ2) is 5.44. The average Bonchev–Trinajstić information content (AvgIpc) is 2.15. The Morgan fingerprint density at radius 1 is 1.20 bits per heavy atom. The SMILES string of the molecule is C[Si](C)(C)OCC(O)Cc1ccccc1. The van der Waals surface area contributed by atoms with E-state index in [4.69, 9.17) is 4.43 Å². The third-order valence-electron chi connectivity index (χ3n) is 2.02. The average molecular weight is 224 g/mol. The molecule has 0 saturated heterocycles. The summed E-state index contributed by atoms with van der Waals surface area (Å²) in [6.07, 6.45) is 0.282. The molecule has 1 rings (SSSR count). The number of aliphatic hydroxyl groups excluding tert-OH is 1. The molecule has 2 nitrogen and oxygen atoms in total. The first kappa shape index (κ1) is 12.4. The van der Waals surface area contributed by atoms with Crippen LogP contribution in [0.5, 0.6) is 0 Å². The minimum atomic E-state index is -1.50. The highest BCUT2D eigenvalue weighted by atomic mass is 28.4. The molecule has 1 unspecified atom stereocenters. The van der Waals surface area contributed by atoms with Crippen LogP contribution in [0.1, 0.15) is 5.56 Å². The molecule has 1 atom stereocenters. The van der Waals surface area contributed by atoms with Gasteiger partial charge in [0.25, 0.3) is 0 Å². The molecular weight excluding hydrogens is 204 g/mol. The van der Waals surface area contributed by atoms with Gasteiger partial charge < -0.3 is 9.53 Å². The summed E-state index contributed by atoms with van der Waals surface area (Å²) in [4.78, 5) is 0. The summed E-state index contributed by atoms with van der Waals surface area (Å²) in [5.41, 5.74) is 1.16. The van der Waals surface area contributed by atoms with E-state index in [9.17, 15) is 5.11 Å². The maximum absolute atomic E-state index is 9.76. The van der Waals surface area contributed by atoms with Gasteiger partial charge in [0.05, 0.1) is 12.7 Å². The van der Waals surface area contributed by atoms with Crippen molar-refractivity contribution in [2.75, 3.05) is 6.61 Å². The maximum Gasteiger partial charge on any atom is 0.183 e. The summed E-state index contributed by atoms with van der Waals surface area (Å²) in [5.74, 6) is 0. The molecule has 0 radical (unpaired) electrons. The highest BCUT2D eigenvalue weighted by Crippen LogP contribution is 2.07. The standard InChI is InChI=1S/C12H20O2Si/c1-15(2,3)14-10-12(13)9-11-7-5-4-6-8-11/h4-8,12-13H,9-10H2,1-3H3. The molecule has 0 heterocycles. The fourth-order valence-corrected chi connectivity index (χ4v) is 1.98. The molecule has 0 fully saturated rings. The van der Waals surface area contributed by atoms with E-state index in [1.165, 1.54) is 0 Å². The molecule has 0 spiro atoms. The number of rotatable bonds is 5. The van der Waals surface area contributed by atoms with Crippen molar-refractivity contribution in [2.24, 2.45) is 0 Å². The predicted molar refractivity (Wildman–Crippen MR) is 65.5 cm³/mol. The van der Waals surface area contributed by atoms with Crippen LogP contribution in [0, 0.1) is 0 Å². The summed E-state index contributed by atoms with van der Waals surface area (Å²) in [7, 11) is -1.50. The first-order valence-corrected chi connectivity index (χ1v) is 8.74. The lowest BCUT2D eigenvalue weighted by molar-refractivity contribution is 0.104. The smallest absolute Gasteiger partial charge is 0.183 e. The summed E-state index contributed by atoms with van der Waals surface area (Å²) in [6, 6.07) is 10.0. The zero-order chi connectivity index (χ0) is 11.3. The number of benzene rings is 1. The second-order valence-electron chi connectivity index (χ2n) is 4.77. The summed E-state index contributed by atoms with van der Waals surface area (Å²) >= 11 is 0. The topological polar surface area (TPSA) is 29.5 Å². The van der Waals surface area contributed by atoms with Gasteiger partial charge in [-0.05, 0) is 25.2 Å². The molecular formula is C12H20O2Si. The lowest BCUT2D eigenvalue weighted by Gasteiger charge is -2.20. The zero-order valence-electron chi connectivity index (χ0n) is 9.73. The highest BCUT2D eigenvalue weighted by molar-refractivity contribution is 6.69. The van der Waals surface area contributed by atoms with Crippen LogP contribution < -0.4 is 0 Å². The van der Waals surface area contributed by atoms with Gasteiger partial charge in [0.15, 0.2) is 8.32 Å². The van der Waals surface area contributed by atoms with Crippen molar-refractivity contribution in [1.29, 1.82) is 0 Å². The summed E-state index contributed by atoms with van der Waals surface area (Å²) in [6.45, 7) is 6.83. The Hall–Kier alpha value is -0.643. The zero-order valence-corrected chi connectivity index (χ0v) is 10.7. The largest absolute Gasteiger partial charge is 0.415 e. The Morgan fingerprint density at radius 3 is 2.33 bits per heavy atom. The van der Waals surface area contributed by atoms with Crippen LogP contribution in [-0.4, -0.2) is 26.1 Å². The minimum absolute atomic E-state index is 0.390. The molecule has 0 aliphatic rings. The van der Waals surface area contributed by atoms with Crippen molar-refractivity contribution < 1.29 is 9.53 Å². The molecule has 3 heteroatoms. The molecule has 0 aliphatic heterocycles. The molecule has 84 valence electrons. The fraction of sp³-hybridized carbons (Fsp3) is 0.500. The van der Waals surface area contributed by atoms with Crippen molar-refractivity contribution in [3.05, 3.63) is 35.9 Å². The van der Waals surface area contributed by atoms with E-state index >= 15 is 0 Å². The van der Waals surface area contributed by atoms with Crippen molar-refractivity contribution >= 4 is 8.32 Å². The monoisotopic (exact) mass is 224 g/mol. The number of hydrogen-bond donors (Lipinski definition) is 1. The van der Waals surface area contributed by atoms with E-state index in [0.717, 1.165) is 5.56 Å². The summed E-state index contributed by atoms with van der Waals surface area (Å²) in [5, 5.41) is 9.76. The molecule has 0 saturated carbocycles. The highest BCUT2D eigenvalue weighted by Gasteiger charge is 2.16. The van der Waals surface area contributed by atoms with E-state index in [-0.39, 0.29) is 6.10 Å². The Kier molecular flexibility index (Phi) is 4.51. The van der Waals surface area contributed by atoms with E-state index in [1.807, 2.05) is 30.3 Å². The van der Waals surface area contributed by atoms with E-state index in [0.29, 0.717) is 13.0 Å². The van der Waals surface area contributed by atoms with Crippen LogP contribution in [0.4, 0.5) is 0 Å². The quantitative estimate of drug-likeness (QED) is 0.778. The normalized spacial score (nSPS) is 13.9. The molecule has 1 N–H and O–H groups in total. The van der Waals surface area contributed by atoms with E-state index < -0.39 is 8.32 Å². The van der Waals surface area contributed by atoms with Gasteiger partial charge in [-0.2, -0.15) is 0 Å². The molecule has 0 aliphatic carbocycles. The molecule has 15 heavy (non-hydrogen) atoms. The van der Waals surface area contributed by atoms with Gasteiger partial charge in [-0.1, -0.05) is 30.3 Å². The van der Waals surface area contributed by atoms with Crippen LogP contribution in [0.2, 0.25) is 19.6 Å². The Morgan fingerprint density at radius 2 is 1.80 bits per heavy atom. The van der Waals surface area contributed by atoms with Crippen molar-refractivity contribution in [3.63, 3.8) is 0 Å². The van der Waals surface area contributed by atoms with Crippen LogP contribution in [0.25, 0.3) is 0 Å². The predicted octanol–water partition coefficient (Wildman–Crippen LogP) is 2.44.